The van der Waals surface area contributed by atoms with Crippen molar-refractivity contribution >= 4 is 5.91 Å². The highest BCUT2D eigenvalue weighted by atomic mass is 16.5. The number of rotatable bonds is 5. The number of hydrogen-bond donors (Lipinski definition) is 2. The second-order valence-electron chi connectivity index (χ2n) is 6.29. The van der Waals surface area contributed by atoms with Crippen LogP contribution >= 0.6 is 0 Å². The molecule has 0 unspecified atom stereocenters. The first-order valence-corrected chi connectivity index (χ1v) is 8.20. The Hall–Kier alpha value is -2.18. The van der Waals surface area contributed by atoms with Gasteiger partial charge in [-0.05, 0) is 31.9 Å². The van der Waals surface area contributed by atoms with Crippen LogP contribution in [0.2, 0.25) is 0 Å². The Bertz CT molecular complexity index is 688. The number of carbonyl (C=O) groups is 1. The quantitative estimate of drug-likeness (QED) is 0.876. The van der Waals surface area contributed by atoms with E-state index in [0.29, 0.717) is 50.7 Å². The first-order valence-electron chi connectivity index (χ1n) is 8.20. The Balaban J connectivity index is 1.62. The highest BCUT2D eigenvalue weighted by molar-refractivity contribution is 5.83. The van der Waals surface area contributed by atoms with Crippen LogP contribution in [0, 0.1) is 12.3 Å². The fraction of sp³-hybridized carbons (Fsp3) is 0.444. The van der Waals surface area contributed by atoms with Crippen molar-refractivity contribution in [3.63, 3.8) is 0 Å². The summed E-state index contributed by atoms with van der Waals surface area (Å²) in [4.78, 5) is 17.0. The van der Waals surface area contributed by atoms with Gasteiger partial charge in [-0.3, -0.25) is 4.79 Å². The number of oxazole rings is 1. The van der Waals surface area contributed by atoms with E-state index in [0.717, 1.165) is 5.56 Å². The lowest BCUT2D eigenvalue weighted by molar-refractivity contribution is -0.136. The van der Waals surface area contributed by atoms with Crippen molar-refractivity contribution in [1.29, 1.82) is 0 Å². The monoisotopic (exact) mass is 329 g/mol. The normalized spacial score (nSPS) is 16.8. The third-order valence-corrected chi connectivity index (χ3v) is 4.60. The molecular formula is C18H23N3O3. The maximum Gasteiger partial charge on any atom is 0.227 e. The van der Waals surface area contributed by atoms with Crippen molar-refractivity contribution in [1.82, 2.24) is 10.3 Å². The summed E-state index contributed by atoms with van der Waals surface area (Å²) in [5, 5.41) is 2.94. The molecule has 24 heavy (non-hydrogen) atoms. The predicted octanol–water partition coefficient (Wildman–Crippen LogP) is 2.02. The van der Waals surface area contributed by atoms with Gasteiger partial charge in [0.05, 0.1) is 17.7 Å². The second-order valence-corrected chi connectivity index (χ2v) is 6.29. The van der Waals surface area contributed by atoms with E-state index in [2.05, 4.69) is 10.3 Å². The molecular weight excluding hydrogens is 306 g/mol. The summed E-state index contributed by atoms with van der Waals surface area (Å²) >= 11 is 0. The predicted molar refractivity (Wildman–Crippen MR) is 90.1 cm³/mol. The molecule has 1 saturated heterocycles. The number of nitrogens with one attached hydrogen (secondary N) is 1. The van der Waals surface area contributed by atoms with Crippen LogP contribution in [0.4, 0.5) is 0 Å². The molecule has 3 rings (SSSR count). The zero-order chi connectivity index (χ0) is 17.0. The van der Waals surface area contributed by atoms with Gasteiger partial charge in [0.2, 0.25) is 11.8 Å². The number of benzene rings is 1. The maximum atomic E-state index is 12.5. The molecule has 6 heteroatoms. The number of aryl methyl sites for hydroxylation is 1. The Morgan fingerprint density at radius 2 is 2.00 bits per heavy atom. The van der Waals surface area contributed by atoms with Gasteiger partial charge in [-0.15, -0.1) is 0 Å². The number of hydrogen-bond acceptors (Lipinski definition) is 5. The molecule has 128 valence electrons. The molecule has 1 aromatic carbocycles. The number of amides is 1. The van der Waals surface area contributed by atoms with Gasteiger partial charge in [0.25, 0.3) is 0 Å². The zero-order valence-corrected chi connectivity index (χ0v) is 13.9. The average molecular weight is 329 g/mol. The molecule has 1 aliphatic rings. The van der Waals surface area contributed by atoms with Crippen molar-refractivity contribution in [3.8, 4) is 11.5 Å². The molecule has 3 N–H and O–H groups in total. The molecule has 2 heterocycles. The lowest BCUT2D eigenvalue weighted by atomic mass is 9.79. The van der Waals surface area contributed by atoms with Crippen LogP contribution in [0.25, 0.3) is 11.5 Å². The fourth-order valence-corrected chi connectivity index (χ4v) is 2.86. The third-order valence-electron chi connectivity index (χ3n) is 4.60. The topological polar surface area (TPSA) is 90.4 Å². The molecule has 0 spiro atoms. The Kier molecular flexibility index (Phi) is 4.97. The SMILES string of the molecule is Cc1ccc(-c2nc(CNC(=O)C3(CN)CCOCC3)co2)cc1. The van der Waals surface area contributed by atoms with E-state index in [-0.39, 0.29) is 5.91 Å². The van der Waals surface area contributed by atoms with Crippen LogP contribution < -0.4 is 11.1 Å². The number of carbonyl (C=O) groups excluding carboxylic acids is 1. The van der Waals surface area contributed by atoms with Crippen LogP contribution in [0.15, 0.2) is 34.9 Å². The molecule has 1 aromatic heterocycles. The molecule has 6 nitrogen and oxygen atoms in total. The second kappa shape index (κ2) is 7.15. The van der Waals surface area contributed by atoms with E-state index in [9.17, 15) is 4.79 Å². The van der Waals surface area contributed by atoms with Crippen molar-refractivity contribution < 1.29 is 13.9 Å². The summed E-state index contributed by atoms with van der Waals surface area (Å²) in [6.07, 6.45) is 2.89. The van der Waals surface area contributed by atoms with Crippen molar-refractivity contribution in [3.05, 3.63) is 41.8 Å². The van der Waals surface area contributed by atoms with Gasteiger partial charge in [-0.2, -0.15) is 0 Å². The summed E-state index contributed by atoms with van der Waals surface area (Å²) in [5.41, 5.74) is 8.12. The summed E-state index contributed by atoms with van der Waals surface area (Å²) < 4.78 is 10.9. The van der Waals surface area contributed by atoms with Crippen molar-refractivity contribution in [2.75, 3.05) is 19.8 Å². The molecule has 2 aromatic rings. The highest BCUT2D eigenvalue weighted by Crippen LogP contribution is 2.29. The summed E-state index contributed by atoms with van der Waals surface area (Å²) in [5.74, 6) is 0.520. The van der Waals surface area contributed by atoms with E-state index >= 15 is 0 Å². The molecule has 0 radical (unpaired) electrons. The summed E-state index contributed by atoms with van der Waals surface area (Å²) in [6, 6.07) is 7.96. The molecule has 1 fully saturated rings. The van der Waals surface area contributed by atoms with Crippen molar-refractivity contribution in [2.45, 2.75) is 26.3 Å². The van der Waals surface area contributed by atoms with E-state index in [1.54, 1.807) is 6.26 Å². The molecule has 0 aliphatic carbocycles. The minimum absolute atomic E-state index is 0.0341. The van der Waals surface area contributed by atoms with Crippen LogP contribution in [0.3, 0.4) is 0 Å². The first kappa shape index (κ1) is 16.7. The van der Waals surface area contributed by atoms with E-state index in [1.165, 1.54) is 5.56 Å². The van der Waals surface area contributed by atoms with Crippen LogP contribution in [0.1, 0.15) is 24.1 Å². The van der Waals surface area contributed by atoms with E-state index in [1.807, 2.05) is 31.2 Å². The maximum absolute atomic E-state index is 12.5. The summed E-state index contributed by atoms with van der Waals surface area (Å²) in [7, 11) is 0. The van der Waals surface area contributed by atoms with Crippen LogP contribution in [0.5, 0.6) is 0 Å². The zero-order valence-electron chi connectivity index (χ0n) is 13.9. The minimum atomic E-state index is -0.526. The minimum Gasteiger partial charge on any atom is -0.444 e. The molecule has 0 bridgehead atoms. The van der Waals surface area contributed by atoms with Gasteiger partial charge in [-0.25, -0.2) is 4.98 Å². The average Bonchev–Trinajstić information content (AvgIpc) is 3.10. The number of nitrogens with zero attached hydrogens (tertiary/aromatic N) is 1. The van der Waals surface area contributed by atoms with Crippen LogP contribution in [-0.2, 0) is 16.1 Å². The van der Waals surface area contributed by atoms with Gasteiger partial charge in [0, 0.05) is 25.3 Å². The lowest BCUT2D eigenvalue weighted by Crippen LogP contribution is -2.49. The van der Waals surface area contributed by atoms with Gasteiger partial charge in [0.15, 0.2) is 0 Å². The van der Waals surface area contributed by atoms with Gasteiger partial charge in [0.1, 0.15) is 6.26 Å². The van der Waals surface area contributed by atoms with Crippen molar-refractivity contribution in [2.24, 2.45) is 11.1 Å². The van der Waals surface area contributed by atoms with Gasteiger partial charge in [-0.1, -0.05) is 17.7 Å². The molecule has 1 aliphatic heterocycles. The Morgan fingerprint density at radius 1 is 1.29 bits per heavy atom. The highest BCUT2D eigenvalue weighted by Gasteiger charge is 2.38. The van der Waals surface area contributed by atoms with Gasteiger partial charge < -0.3 is 20.2 Å². The summed E-state index contributed by atoms with van der Waals surface area (Å²) in [6.45, 7) is 3.84. The van der Waals surface area contributed by atoms with E-state index < -0.39 is 5.41 Å². The Morgan fingerprint density at radius 3 is 2.67 bits per heavy atom. The Labute approximate surface area is 141 Å². The number of nitrogens with two attached hydrogens (primary N) is 1. The first-order chi connectivity index (χ1) is 11.6. The van der Waals surface area contributed by atoms with Crippen LogP contribution in [-0.4, -0.2) is 30.6 Å². The lowest BCUT2D eigenvalue weighted by Gasteiger charge is -2.34. The largest absolute Gasteiger partial charge is 0.444 e. The molecule has 0 saturated carbocycles. The third kappa shape index (κ3) is 3.49. The fourth-order valence-electron chi connectivity index (χ4n) is 2.86. The number of ether oxygens (including phenoxy) is 1. The molecule has 1 amide bonds. The smallest absolute Gasteiger partial charge is 0.227 e. The standard InChI is InChI=1S/C18H23N3O3/c1-13-2-4-14(5-3-13)16-21-15(11-24-16)10-20-17(22)18(12-19)6-8-23-9-7-18/h2-5,11H,6-10,12,19H2,1H3,(H,20,22). The van der Waals surface area contributed by atoms with E-state index in [4.69, 9.17) is 14.9 Å². The number of aromatic nitrogens is 1. The van der Waals surface area contributed by atoms with Gasteiger partial charge >= 0.3 is 0 Å². The molecule has 0 atom stereocenters.